The van der Waals surface area contributed by atoms with Gasteiger partial charge in [0.1, 0.15) is 0 Å². The Morgan fingerprint density at radius 2 is 2.20 bits per heavy atom. The maximum Gasteiger partial charge on any atom is 0.172 e. The number of pyridine rings is 1. The number of nitrogens with zero attached hydrogens (tertiary/aromatic N) is 1. The molecule has 1 aliphatic carbocycles. The van der Waals surface area contributed by atoms with Crippen LogP contribution in [0, 0.1) is 0 Å². The van der Waals surface area contributed by atoms with Crippen molar-refractivity contribution in [2.24, 2.45) is 0 Å². The number of nitrogens with one attached hydrogen (secondary N) is 1. The summed E-state index contributed by atoms with van der Waals surface area (Å²) in [6.45, 7) is 3.14. The summed E-state index contributed by atoms with van der Waals surface area (Å²) >= 11 is 0. The molecule has 0 radical (unpaired) electrons. The molecule has 1 heterocycles. The van der Waals surface area contributed by atoms with Crippen molar-refractivity contribution in [1.82, 2.24) is 10.3 Å². The summed E-state index contributed by atoms with van der Waals surface area (Å²) < 4.78 is 11.0. The highest BCUT2D eigenvalue weighted by atomic mass is 16.7. The summed E-state index contributed by atoms with van der Waals surface area (Å²) in [6, 6.07) is 4.37. The number of rotatable bonds is 7. The lowest BCUT2D eigenvalue weighted by molar-refractivity contribution is -0.128. The first-order chi connectivity index (χ1) is 9.81. The Morgan fingerprint density at radius 1 is 1.40 bits per heavy atom. The second-order valence-corrected chi connectivity index (χ2v) is 5.37. The quantitative estimate of drug-likeness (QED) is 0.778. The van der Waals surface area contributed by atoms with Crippen molar-refractivity contribution >= 4 is 0 Å². The molecule has 0 aliphatic heterocycles. The first-order valence-electron chi connectivity index (χ1n) is 7.54. The molecule has 0 bridgehead atoms. The zero-order valence-corrected chi connectivity index (χ0v) is 12.8. The first-order valence-corrected chi connectivity index (χ1v) is 7.54. The van der Waals surface area contributed by atoms with E-state index in [1.54, 1.807) is 14.2 Å². The minimum Gasteiger partial charge on any atom is -0.354 e. The molecule has 2 rings (SSSR count). The van der Waals surface area contributed by atoms with Crippen LogP contribution in [0.1, 0.15) is 43.4 Å². The van der Waals surface area contributed by atoms with Gasteiger partial charge >= 0.3 is 0 Å². The molecule has 4 heteroatoms. The van der Waals surface area contributed by atoms with Crippen molar-refractivity contribution in [3.05, 3.63) is 29.6 Å². The van der Waals surface area contributed by atoms with E-state index in [0.29, 0.717) is 5.92 Å². The van der Waals surface area contributed by atoms with Crippen LogP contribution in [0.5, 0.6) is 0 Å². The Morgan fingerprint density at radius 3 is 2.90 bits per heavy atom. The predicted molar refractivity (Wildman–Crippen MR) is 79.8 cm³/mol. The smallest absolute Gasteiger partial charge is 0.172 e. The molecule has 0 amide bonds. The van der Waals surface area contributed by atoms with Gasteiger partial charge in [-0.2, -0.15) is 0 Å². The number of aryl methyl sites for hydroxylation is 1. The third-order valence-electron chi connectivity index (χ3n) is 4.06. The molecular formula is C16H26N2O2. The number of hydrogen-bond donors (Lipinski definition) is 1. The summed E-state index contributed by atoms with van der Waals surface area (Å²) in [5.74, 6) is 0.358. The Balaban J connectivity index is 2.24. The van der Waals surface area contributed by atoms with Crippen molar-refractivity contribution in [1.29, 1.82) is 0 Å². The topological polar surface area (TPSA) is 43.4 Å². The van der Waals surface area contributed by atoms with E-state index in [9.17, 15) is 0 Å². The molecule has 0 aromatic carbocycles. The molecule has 0 fully saturated rings. The van der Waals surface area contributed by atoms with E-state index in [1.807, 2.05) is 12.3 Å². The van der Waals surface area contributed by atoms with E-state index < -0.39 is 0 Å². The van der Waals surface area contributed by atoms with Crippen LogP contribution in [0.4, 0.5) is 0 Å². The largest absolute Gasteiger partial charge is 0.354 e. The highest BCUT2D eigenvalue weighted by Crippen LogP contribution is 2.34. The third-order valence-corrected chi connectivity index (χ3v) is 4.06. The highest BCUT2D eigenvalue weighted by molar-refractivity contribution is 5.27. The predicted octanol–water partition coefficient (Wildman–Crippen LogP) is 2.49. The summed E-state index contributed by atoms with van der Waals surface area (Å²) in [7, 11) is 3.41. The van der Waals surface area contributed by atoms with Crippen LogP contribution >= 0.6 is 0 Å². The first kappa shape index (κ1) is 15.4. The molecule has 1 N–H and O–H groups in total. The summed E-state index contributed by atoms with van der Waals surface area (Å²) in [6.07, 6.45) is 6.22. The van der Waals surface area contributed by atoms with Crippen molar-refractivity contribution < 1.29 is 9.47 Å². The van der Waals surface area contributed by atoms with Crippen LogP contribution in [0.25, 0.3) is 0 Å². The van der Waals surface area contributed by atoms with Crippen LogP contribution in [0.3, 0.4) is 0 Å². The number of hydrogen-bond acceptors (Lipinski definition) is 4. The lowest BCUT2D eigenvalue weighted by Crippen LogP contribution is -2.47. The molecule has 20 heavy (non-hydrogen) atoms. The van der Waals surface area contributed by atoms with E-state index in [-0.39, 0.29) is 12.3 Å². The van der Waals surface area contributed by atoms with E-state index in [0.717, 1.165) is 25.8 Å². The maximum atomic E-state index is 5.51. The van der Waals surface area contributed by atoms with Gasteiger partial charge in [0.15, 0.2) is 6.29 Å². The molecule has 1 aromatic rings. The molecule has 0 saturated heterocycles. The van der Waals surface area contributed by atoms with Crippen molar-refractivity contribution in [3.8, 4) is 0 Å². The number of methoxy groups -OCH3 is 2. The molecule has 1 aliphatic rings. The van der Waals surface area contributed by atoms with Crippen LogP contribution in [-0.2, 0) is 15.9 Å². The van der Waals surface area contributed by atoms with Gasteiger partial charge in [0, 0.05) is 32.0 Å². The van der Waals surface area contributed by atoms with Crippen molar-refractivity contribution in [2.45, 2.75) is 50.9 Å². The monoisotopic (exact) mass is 278 g/mol. The van der Waals surface area contributed by atoms with E-state index in [1.165, 1.54) is 17.7 Å². The highest BCUT2D eigenvalue weighted by Gasteiger charge is 2.34. The van der Waals surface area contributed by atoms with Crippen LogP contribution in [-0.4, -0.2) is 38.1 Å². The van der Waals surface area contributed by atoms with Gasteiger partial charge in [-0.1, -0.05) is 13.0 Å². The number of aromatic nitrogens is 1. The maximum absolute atomic E-state index is 5.51. The zero-order valence-electron chi connectivity index (χ0n) is 12.8. The van der Waals surface area contributed by atoms with Crippen LogP contribution < -0.4 is 5.32 Å². The Kier molecular flexibility index (Phi) is 5.95. The fraction of sp³-hybridized carbons (Fsp3) is 0.688. The van der Waals surface area contributed by atoms with Crippen molar-refractivity contribution in [2.75, 3.05) is 20.8 Å². The second kappa shape index (κ2) is 7.72. The minimum absolute atomic E-state index is 0.152. The summed E-state index contributed by atoms with van der Waals surface area (Å²) in [5.41, 5.74) is 2.59. The Labute approximate surface area is 121 Å². The van der Waals surface area contributed by atoms with E-state index >= 15 is 0 Å². The van der Waals surface area contributed by atoms with Gasteiger partial charge < -0.3 is 14.8 Å². The van der Waals surface area contributed by atoms with Gasteiger partial charge in [-0.3, -0.25) is 4.98 Å². The van der Waals surface area contributed by atoms with Gasteiger partial charge in [-0.15, -0.1) is 0 Å². The molecule has 1 aromatic heterocycles. The third kappa shape index (κ3) is 3.37. The van der Waals surface area contributed by atoms with E-state index in [2.05, 4.69) is 23.3 Å². The lowest BCUT2D eigenvalue weighted by Gasteiger charge is -2.35. The molecule has 112 valence electrons. The van der Waals surface area contributed by atoms with Crippen LogP contribution in [0.2, 0.25) is 0 Å². The molecule has 2 atom stereocenters. The van der Waals surface area contributed by atoms with Gasteiger partial charge in [0.05, 0.1) is 6.04 Å². The normalized spacial score (nSPS) is 19.9. The molecule has 0 spiro atoms. The van der Waals surface area contributed by atoms with E-state index in [4.69, 9.17) is 9.47 Å². The molecule has 4 nitrogen and oxygen atoms in total. The summed E-state index contributed by atoms with van der Waals surface area (Å²) in [5, 5.41) is 3.59. The number of fused-ring (bicyclic) bond motifs is 1. The van der Waals surface area contributed by atoms with Crippen molar-refractivity contribution in [3.63, 3.8) is 0 Å². The Bertz CT molecular complexity index is 407. The zero-order chi connectivity index (χ0) is 14.4. The lowest BCUT2D eigenvalue weighted by atomic mass is 9.81. The van der Waals surface area contributed by atoms with Crippen LogP contribution in [0.15, 0.2) is 18.3 Å². The van der Waals surface area contributed by atoms with Gasteiger partial charge in [-0.05, 0) is 43.9 Å². The minimum atomic E-state index is -0.237. The molecule has 0 saturated carbocycles. The van der Waals surface area contributed by atoms with Gasteiger partial charge in [0.2, 0.25) is 0 Å². The van der Waals surface area contributed by atoms with Gasteiger partial charge in [-0.25, -0.2) is 0 Å². The average Bonchev–Trinajstić information content (AvgIpc) is 2.51. The standard InChI is InChI=1S/C16H26N2O2/c1-4-10-17-15(16(19-2)20-3)13-9-5-7-12-8-6-11-18-14(12)13/h6,8,11,13,15-17H,4-5,7,9-10H2,1-3H3. The SMILES string of the molecule is CCCNC(C(OC)OC)C1CCCc2cccnc21. The van der Waals surface area contributed by atoms with Gasteiger partial charge in [0.25, 0.3) is 0 Å². The molecule has 2 unspecified atom stereocenters. The Hall–Kier alpha value is -0.970. The second-order valence-electron chi connectivity index (χ2n) is 5.37. The summed E-state index contributed by atoms with van der Waals surface area (Å²) in [4.78, 5) is 4.63. The fourth-order valence-corrected chi connectivity index (χ4v) is 3.12. The fourth-order valence-electron chi connectivity index (χ4n) is 3.12. The average molecular weight is 278 g/mol. The number of ether oxygens (including phenoxy) is 2. The molecular weight excluding hydrogens is 252 g/mol.